The molecule has 3 N–H and O–H groups in total. The van der Waals surface area contributed by atoms with E-state index in [1.165, 1.54) is 18.1 Å². The molecule has 0 radical (unpaired) electrons. The smallest absolute Gasteiger partial charge is 0.265 e. The summed E-state index contributed by atoms with van der Waals surface area (Å²) in [6, 6.07) is 11.4. The van der Waals surface area contributed by atoms with Gasteiger partial charge in [-0.05, 0) is 36.8 Å². The highest BCUT2D eigenvalue weighted by molar-refractivity contribution is 7.92. The number of amides is 1. The molecule has 1 fully saturated rings. The molecule has 3 rings (SSSR count). The Labute approximate surface area is 171 Å². The summed E-state index contributed by atoms with van der Waals surface area (Å²) in [6.07, 6.45) is 0. The Bertz CT molecular complexity index is 986. The second kappa shape index (κ2) is 8.81. The maximum absolute atomic E-state index is 13.0. The molecule has 8 nitrogen and oxygen atoms in total. The summed E-state index contributed by atoms with van der Waals surface area (Å²) in [7, 11) is -0.308. The zero-order valence-electron chi connectivity index (χ0n) is 16.9. The van der Waals surface area contributed by atoms with Crippen LogP contribution in [0.15, 0.2) is 47.4 Å². The minimum Gasteiger partial charge on any atom is -0.495 e. The van der Waals surface area contributed by atoms with Crippen LogP contribution < -0.4 is 19.8 Å². The predicted octanol–water partition coefficient (Wildman–Crippen LogP) is 0.280. The van der Waals surface area contributed by atoms with Crippen molar-refractivity contribution < 1.29 is 22.8 Å². The number of carbonyl (C=O) groups excluding carboxylic acids is 1. The number of hydrogen-bond acceptors (Lipinski definition) is 5. The number of likely N-dealkylation sites (N-methyl/N-ethyl adjacent to an activating group) is 1. The van der Waals surface area contributed by atoms with Gasteiger partial charge in [-0.25, -0.2) is 13.4 Å². The molecule has 0 spiro atoms. The molecule has 1 heterocycles. The highest BCUT2D eigenvalue weighted by Gasteiger charge is 2.23. The Kier molecular flexibility index (Phi) is 6.41. The molecule has 2 aromatic rings. The van der Waals surface area contributed by atoms with Crippen molar-refractivity contribution in [2.75, 3.05) is 45.1 Å². The van der Waals surface area contributed by atoms with Crippen LogP contribution in [0.1, 0.15) is 15.9 Å². The molecule has 1 amide bonds. The fourth-order valence-corrected chi connectivity index (χ4v) is 4.51. The van der Waals surface area contributed by atoms with Crippen molar-refractivity contribution in [3.63, 3.8) is 0 Å². The average molecular weight is 420 g/mol. The van der Waals surface area contributed by atoms with Gasteiger partial charge in [-0.2, -0.15) is 0 Å². The molecular formula is C20H27N4O4S+. The summed E-state index contributed by atoms with van der Waals surface area (Å²) in [5.74, 6) is 0.0955. The number of nitrogens with one attached hydrogen (secondary N) is 3. The van der Waals surface area contributed by atoms with Crippen LogP contribution in [-0.2, 0) is 10.0 Å². The lowest BCUT2D eigenvalue weighted by Crippen LogP contribution is -3.12. The molecule has 1 aliphatic heterocycles. The summed E-state index contributed by atoms with van der Waals surface area (Å²) in [4.78, 5) is 14.1. The summed E-state index contributed by atoms with van der Waals surface area (Å²) in [6.45, 7) is 5.09. The number of para-hydroxylation sites is 2. The van der Waals surface area contributed by atoms with Gasteiger partial charge in [0.05, 0.1) is 50.9 Å². The van der Waals surface area contributed by atoms with Gasteiger partial charge in [-0.15, -0.1) is 0 Å². The minimum absolute atomic E-state index is 0.0545. The van der Waals surface area contributed by atoms with Crippen LogP contribution >= 0.6 is 0 Å². The molecule has 29 heavy (non-hydrogen) atoms. The number of nitrogens with zero attached hydrogens (tertiary/aromatic N) is 1. The number of hydrazine groups is 1. The first kappa shape index (κ1) is 21.1. The first-order valence-electron chi connectivity index (χ1n) is 9.44. The topological polar surface area (TPSA) is 92.2 Å². The van der Waals surface area contributed by atoms with E-state index >= 15 is 0 Å². The zero-order chi connectivity index (χ0) is 21.0. The third-order valence-corrected chi connectivity index (χ3v) is 6.48. The van der Waals surface area contributed by atoms with Gasteiger partial charge in [0.25, 0.3) is 15.9 Å². The molecular weight excluding hydrogens is 392 g/mol. The third kappa shape index (κ3) is 5.06. The van der Waals surface area contributed by atoms with E-state index in [1.54, 1.807) is 43.3 Å². The molecule has 0 aliphatic carbocycles. The quantitative estimate of drug-likeness (QED) is 0.626. The molecule has 0 atom stereocenters. The van der Waals surface area contributed by atoms with Crippen molar-refractivity contribution in [2.24, 2.45) is 0 Å². The predicted molar refractivity (Wildman–Crippen MR) is 111 cm³/mol. The Hall–Kier alpha value is -2.62. The standard InChI is InChI=1S/C20H26N4O4S/c1-15-8-9-16(20(25)21-24-12-10-23(2)11-13-24)14-19(15)29(26,27)22-17-6-4-5-7-18(17)28-3/h4-9,14,22H,10-13H2,1-3H3,(H,21,25)/p+1. The summed E-state index contributed by atoms with van der Waals surface area (Å²) in [5.41, 5.74) is 4.05. The van der Waals surface area contributed by atoms with Crippen molar-refractivity contribution in [1.82, 2.24) is 10.4 Å². The lowest BCUT2D eigenvalue weighted by Gasteiger charge is -2.30. The lowest BCUT2D eigenvalue weighted by atomic mass is 10.1. The Morgan fingerprint density at radius 1 is 1.14 bits per heavy atom. The fraction of sp³-hybridized carbons (Fsp3) is 0.350. The minimum atomic E-state index is -3.90. The van der Waals surface area contributed by atoms with Crippen LogP contribution in [0, 0.1) is 6.92 Å². The number of piperazine rings is 1. The number of ether oxygens (including phenoxy) is 1. The number of sulfonamides is 1. The van der Waals surface area contributed by atoms with Gasteiger partial charge in [-0.1, -0.05) is 18.2 Å². The van der Waals surface area contributed by atoms with Gasteiger partial charge in [0.1, 0.15) is 5.75 Å². The number of quaternary nitrogens is 1. The van der Waals surface area contributed by atoms with E-state index in [9.17, 15) is 13.2 Å². The number of hydrogen-bond donors (Lipinski definition) is 3. The summed E-state index contributed by atoms with van der Waals surface area (Å²) >= 11 is 0. The van der Waals surface area contributed by atoms with E-state index < -0.39 is 10.0 Å². The first-order valence-corrected chi connectivity index (χ1v) is 10.9. The fourth-order valence-electron chi connectivity index (χ4n) is 3.17. The molecule has 0 bridgehead atoms. The van der Waals surface area contributed by atoms with Crippen LogP contribution in [-0.4, -0.2) is 59.7 Å². The van der Waals surface area contributed by atoms with Crippen molar-refractivity contribution in [1.29, 1.82) is 0 Å². The van der Waals surface area contributed by atoms with Crippen LogP contribution in [0.25, 0.3) is 0 Å². The van der Waals surface area contributed by atoms with Gasteiger partial charge in [0, 0.05) is 5.56 Å². The number of aryl methyl sites for hydroxylation is 1. The van der Waals surface area contributed by atoms with Gasteiger partial charge < -0.3 is 9.64 Å². The number of methoxy groups -OCH3 is 1. The number of carbonyl (C=O) groups is 1. The van der Waals surface area contributed by atoms with Crippen molar-refractivity contribution in [3.05, 3.63) is 53.6 Å². The van der Waals surface area contributed by atoms with Crippen LogP contribution in [0.3, 0.4) is 0 Å². The summed E-state index contributed by atoms with van der Waals surface area (Å²) in [5, 5.41) is 1.87. The average Bonchev–Trinajstić information content (AvgIpc) is 2.70. The molecule has 2 aromatic carbocycles. The molecule has 0 aromatic heterocycles. The van der Waals surface area contributed by atoms with E-state index in [2.05, 4.69) is 17.2 Å². The van der Waals surface area contributed by atoms with Gasteiger partial charge in [0.15, 0.2) is 0 Å². The van der Waals surface area contributed by atoms with Crippen LogP contribution in [0.4, 0.5) is 5.69 Å². The second-order valence-electron chi connectivity index (χ2n) is 7.17. The maximum Gasteiger partial charge on any atom is 0.265 e. The molecule has 0 saturated carbocycles. The van der Waals surface area contributed by atoms with Crippen LogP contribution in [0.2, 0.25) is 0 Å². The van der Waals surface area contributed by atoms with Gasteiger partial charge >= 0.3 is 0 Å². The van der Waals surface area contributed by atoms with Crippen molar-refractivity contribution in [2.45, 2.75) is 11.8 Å². The monoisotopic (exact) mass is 419 g/mol. The first-order chi connectivity index (χ1) is 13.8. The SMILES string of the molecule is COc1ccccc1NS(=O)(=O)c1cc(C(=O)NN2CC[NH+](C)CC2)ccc1C. The Balaban J connectivity index is 1.81. The van der Waals surface area contributed by atoms with E-state index in [4.69, 9.17) is 4.74 Å². The van der Waals surface area contributed by atoms with Crippen LogP contribution in [0.5, 0.6) is 5.75 Å². The van der Waals surface area contributed by atoms with Crippen molar-refractivity contribution >= 4 is 21.6 Å². The maximum atomic E-state index is 13.0. The Morgan fingerprint density at radius 2 is 1.83 bits per heavy atom. The molecule has 156 valence electrons. The number of rotatable bonds is 6. The second-order valence-corrected chi connectivity index (χ2v) is 8.82. The van der Waals surface area contributed by atoms with Crippen molar-refractivity contribution in [3.8, 4) is 5.75 Å². The zero-order valence-corrected chi connectivity index (χ0v) is 17.7. The Morgan fingerprint density at radius 3 is 2.52 bits per heavy atom. The summed E-state index contributed by atoms with van der Waals surface area (Å²) < 4.78 is 33.7. The van der Waals surface area contributed by atoms with Gasteiger partial charge in [0.2, 0.25) is 0 Å². The number of anilines is 1. The van der Waals surface area contributed by atoms with E-state index in [0.717, 1.165) is 26.2 Å². The largest absolute Gasteiger partial charge is 0.495 e. The highest BCUT2D eigenvalue weighted by Crippen LogP contribution is 2.27. The normalized spacial score (nSPS) is 15.7. The van der Waals surface area contributed by atoms with E-state index in [-0.39, 0.29) is 10.8 Å². The van der Waals surface area contributed by atoms with Gasteiger partial charge in [-0.3, -0.25) is 14.9 Å². The highest BCUT2D eigenvalue weighted by atomic mass is 32.2. The lowest BCUT2D eigenvalue weighted by molar-refractivity contribution is -0.884. The van der Waals surface area contributed by atoms with E-state index in [1.807, 2.05) is 5.01 Å². The number of benzene rings is 2. The van der Waals surface area contributed by atoms with E-state index in [0.29, 0.717) is 22.6 Å². The molecule has 1 saturated heterocycles. The molecule has 9 heteroatoms. The molecule has 0 unspecified atom stereocenters. The molecule has 1 aliphatic rings. The third-order valence-electron chi connectivity index (χ3n) is 4.97.